The number of amides is 1. The van der Waals surface area contributed by atoms with Crippen LogP contribution in [-0.4, -0.2) is 23.5 Å². The van der Waals surface area contributed by atoms with Gasteiger partial charge in [0.05, 0.1) is 12.0 Å². The Bertz CT molecular complexity index is 460. The molecule has 0 bridgehead atoms. The van der Waals surface area contributed by atoms with Gasteiger partial charge in [0, 0.05) is 12.6 Å². The number of carboxylic acid groups (broad SMARTS) is 1. The van der Waals surface area contributed by atoms with Crippen molar-refractivity contribution in [2.24, 2.45) is 0 Å². The SMILES string of the molecule is Cc1cc(C(=O)NCCC(=O)O)c(F)cc1F. The maximum absolute atomic E-state index is 13.2. The molecule has 6 heteroatoms. The Morgan fingerprint density at radius 3 is 2.53 bits per heavy atom. The van der Waals surface area contributed by atoms with E-state index in [-0.39, 0.29) is 24.1 Å². The van der Waals surface area contributed by atoms with Crippen LogP contribution in [0.5, 0.6) is 0 Å². The van der Waals surface area contributed by atoms with Gasteiger partial charge in [-0.3, -0.25) is 9.59 Å². The number of carbonyl (C=O) groups is 2. The maximum Gasteiger partial charge on any atom is 0.305 e. The third-order valence-electron chi connectivity index (χ3n) is 2.12. The molecular weight excluding hydrogens is 232 g/mol. The van der Waals surface area contributed by atoms with Gasteiger partial charge in [-0.1, -0.05) is 0 Å². The largest absolute Gasteiger partial charge is 0.481 e. The van der Waals surface area contributed by atoms with Crippen molar-refractivity contribution < 1.29 is 23.5 Å². The number of aliphatic carboxylic acids is 1. The number of benzene rings is 1. The fourth-order valence-corrected chi connectivity index (χ4v) is 1.21. The van der Waals surface area contributed by atoms with Crippen LogP contribution in [0.15, 0.2) is 12.1 Å². The van der Waals surface area contributed by atoms with Crippen LogP contribution in [0.1, 0.15) is 22.3 Å². The van der Waals surface area contributed by atoms with Crippen molar-refractivity contribution >= 4 is 11.9 Å². The summed E-state index contributed by atoms with van der Waals surface area (Å²) in [6, 6.07) is 1.71. The van der Waals surface area contributed by atoms with Crippen molar-refractivity contribution in [3.63, 3.8) is 0 Å². The lowest BCUT2D eigenvalue weighted by molar-refractivity contribution is -0.136. The molecule has 0 aliphatic heterocycles. The maximum atomic E-state index is 13.2. The number of aryl methyl sites for hydroxylation is 1. The molecule has 1 aromatic carbocycles. The Morgan fingerprint density at radius 1 is 1.29 bits per heavy atom. The van der Waals surface area contributed by atoms with Crippen LogP contribution in [0.2, 0.25) is 0 Å². The highest BCUT2D eigenvalue weighted by Gasteiger charge is 2.14. The van der Waals surface area contributed by atoms with Crippen molar-refractivity contribution in [3.05, 3.63) is 34.9 Å². The van der Waals surface area contributed by atoms with Crippen molar-refractivity contribution in [1.29, 1.82) is 0 Å². The van der Waals surface area contributed by atoms with Crippen LogP contribution in [0.25, 0.3) is 0 Å². The zero-order chi connectivity index (χ0) is 13.0. The van der Waals surface area contributed by atoms with E-state index in [0.717, 1.165) is 6.07 Å². The first-order chi connectivity index (χ1) is 7.91. The van der Waals surface area contributed by atoms with E-state index in [4.69, 9.17) is 5.11 Å². The smallest absolute Gasteiger partial charge is 0.305 e. The number of rotatable bonds is 4. The van der Waals surface area contributed by atoms with Gasteiger partial charge in [0.2, 0.25) is 0 Å². The monoisotopic (exact) mass is 243 g/mol. The van der Waals surface area contributed by atoms with Crippen LogP contribution in [0, 0.1) is 18.6 Å². The fraction of sp³-hybridized carbons (Fsp3) is 0.273. The van der Waals surface area contributed by atoms with Crippen LogP contribution >= 0.6 is 0 Å². The van der Waals surface area contributed by atoms with Crippen LogP contribution in [0.3, 0.4) is 0 Å². The molecule has 1 amide bonds. The van der Waals surface area contributed by atoms with Gasteiger partial charge in [-0.2, -0.15) is 0 Å². The zero-order valence-electron chi connectivity index (χ0n) is 9.09. The quantitative estimate of drug-likeness (QED) is 0.841. The molecule has 0 aliphatic rings. The highest BCUT2D eigenvalue weighted by atomic mass is 19.1. The summed E-state index contributed by atoms with van der Waals surface area (Å²) >= 11 is 0. The average molecular weight is 243 g/mol. The van der Waals surface area contributed by atoms with E-state index in [2.05, 4.69) is 5.32 Å². The fourth-order valence-electron chi connectivity index (χ4n) is 1.21. The second kappa shape index (κ2) is 5.38. The molecule has 0 radical (unpaired) electrons. The standard InChI is InChI=1S/C11H11F2NO3/c1-6-4-7(9(13)5-8(6)12)11(17)14-3-2-10(15)16/h4-5H,2-3H2,1H3,(H,14,17)(H,15,16). The molecule has 0 aliphatic carbocycles. The van der Waals surface area contributed by atoms with Gasteiger partial charge in [-0.15, -0.1) is 0 Å². The minimum absolute atomic E-state index is 0.107. The first-order valence-electron chi connectivity index (χ1n) is 4.87. The summed E-state index contributed by atoms with van der Waals surface area (Å²) in [6.07, 6.45) is -0.256. The van der Waals surface area contributed by atoms with Crippen molar-refractivity contribution in [3.8, 4) is 0 Å². The van der Waals surface area contributed by atoms with Crippen LogP contribution in [-0.2, 0) is 4.79 Å². The van der Waals surface area contributed by atoms with E-state index in [1.54, 1.807) is 0 Å². The lowest BCUT2D eigenvalue weighted by Gasteiger charge is -2.06. The van der Waals surface area contributed by atoms with Gasteiger partial charge < -0.3 is 10.4 Å². The van der Waals surface area contributed by atoms with E-state index < -0.39 is 23.5 Å². The number of nitrogens with one attached hydrogen (secondary N) is 1. The van der Waals surface area contributed by atoms with E-state index in [1.807, 2.05) is 0 Å². The molecule has 0 fully saturated rings. The summed E-state index contributed by atoms with van der Waals surface area (Å²) in [4.78, 5) is 21.7. The van der Waals surface area contributed by atoms with Gasteiger partial charge in [0.15, 0.2) is 0 Å². The van der Waals surface area contributed by atoms with E-state index in [1.165, 1.54) is 6.92 Å². The van der Waals surface area contributed by atoms with Crippen molar-refractivity contribution in [2.45, 2.75) is 13.3 Å². The highest BCUT2D eigenvalue weighted by molar-refractivity contribution is 5.94. The van der Waals surface area contributed by atoms with Crippen molar-refractivity contribution in [2.75, 3.05) is 6.54 Å². The Hall–Kier alpha value is -1.98. The second-order valence-electron chi connectivity index (χ2n) is 3.48. The van der Waals surface area contributed by atoms with Crippen LogP contribution < -0.4 is 5.32 Å². The summed E-state index contributed by atoms with van der Waals surface area (Å²) < 4.78 is 26.2. The summed E-state index contributed by atoms with van der Waals surface area (Å²) in [5.74, 6) is -3.53. The summed E-state index contributed by atoms with van der Waals surface area (Å²) in [7, 11) is 0. The molecule has 0 unspecified atom stereocenters. The predicted molar refractivity (Wildman–Crippen MR) is 55.7 cm³/mol. The number of halogens is 2. The molecule has 0 saturated carbocycles. The van der Waals surface area contributed by atoms with Crippen LogP contribution in [0.4, 0.5) is 8.78 Å². The first kappa shape index (κ1) is 13.1. The zero-order valence-corrected chi connectivity index (χ0v) is 9.09. The minimum Gasteiger partial charge on any atom is -0.481 e. The predicted octanol–water partition coefficient (Wildman–Crippen LogP) is 1.48. The molecule has 0 heterocycles. The summed E-state index contributed by atoms with van der Waals surface area (Å²) in [6.45, 7) is 1.30. The molecule has 92 valence electrons. The van der Waals surface area contributed by atoms with Gasteiger partial charge in [-0.25, -0.2) is 8.78 Å². The molecule has 0 spiro atoms. The van der Waals surface area contributed by atoms with Gasteiger partial charge in [0.1, 0.15) is 11.6 Å². The number of carboxylic acids is 1. The Kier molecular flexibility index (Phi) is 4.14. The third kappa shape index (κ3) is 3.51. The first-order valence-corrected chi connectivity index (χ1v) is 4.87. The van der Waals surface area contributed by atoms with E-state index in [0.29, 0.717) is 6.07 Å². The molecule has 2 N–H and O–H groups in total. The summed E-state index contributed by atoms with van der Waals surface area (Å²) in [5, 5.41) is 10.6. The molecule has 1 rings (SSSR count). The third-order valence-corrected chi connectivity index (χ3v) is 2.12. The van der Waals surface area contributed by atoms with Crippen molar-refractivity contribution in [1.82, 2.24) is 5.32 Å². The van der Waals surface area contributed by atoms with E-state index in [9.17, 15) is 18.4 Å². The molecular formula is C11H11F2NO3. The second-order valence-corrected chi connectivity index (χ2v) is 3.48. The molecule has 0 atom stereocenters. The molecule has 1 aromatic rings. The number of hydrogen-bond donors (Lipinski definition) is 2. The van der Waals surface area contributed by atoms with Gasteiger partial charge >= 0.3 is 5.97 Å². The number of carbonyl (C=O) groups excluding carboxylic acids is 1. The highest BCUT2D eigenvalue weighted by Crippen LogP contribution is 2.13. The Balaban J connectivity index is 2.75. The normalized spacial score (nSPS) is 10.1. The van der Waals surface area contributed by atoms with Gasteiger partial charge in [-0.05, 0) is 18.6 Å². The lowest BCUT2D eigenvalue weighted by Crippen LogP contribution is -2.27. The molecule has 0 aromatic heterocycles. The Labute approximate surface area is 96.3 Å². The topological polar surface area (TPSA) is 66.4 Å². The van der Waals surface area contributed by atoms with Gasteiger partial charge in [0.25, 0.3) is 5.91 Å². The molecule has 17 heavy (non-hydrogen) atoms. The Morgan fingerprint density at radius 2 is 1.94 bits per heavy atom. The molecule has 0 saturated heterocycles. The molecule has 4 nitrogen and oxygen atoms in total. The average Bonchev–Trinajstić information content (AvgIpc) is 2.22. The van der Waals surface area contributed by atoms with E-state index >= 15 is 0 Å². The summed E-state index contributed by atoms with van der Waals surface area (Å²) in [5.41, 5.74) is -0.149. The minimum atomic E-state index is -1.07. The lowest BCUT2D eigenvalue weighted by atomic mass is 10.1. The number of hydrogen-bond acceptors (Lipinski definition) is 2.